The minimum absolute atomic E-state index is 0.0154. The smallest absolute Gasteiger partial charge is 0.273 e. The van der Waals surface area contributed by atoms with E-state index in [1.54, 1.807) is 0 Å². The Morgan fingerprint density at radius 2 is 2.08 bits per heavy atom. The number of hydrogen-bond acceptors (Lipinski definition) is 1. The van der Waals surface area contributed by atoms with Crippen LogP contribution in [0, 0.1) is 11.3 Å². The van der Waals surface area contributed by atoms with Crippen molar-refractivity contribution in [3.63, 3.8) is 0 Å². The van der Waals surface area contributed by atoms with Crippen LogP contribution in [0.3, 0.4) is 0 Å². The van der Waals surface area contributed by atoms with Gasteiger partial charge in [0.15, 0.2) is 0 Å². The first kappa shape index (κ1) is 10.9. The molecule has 1 fully saturated rings. The molecule has 78 valence electrons. The van der Waals surface area contributed by atoms with E-state index in [-0.39, 0.29) is 5.41 Å². The second kappa shape index (κ2) is 3.52. The molecule has 1 nitrogen and oxygen atoms in total. The number of aliphatic hydroxyl groups is 1. The standard InChI is InChI=1S/C10H18F2O/c1-9(2)5-3-4-8(6-9)10(11,12)7-13/h8,13H,3-7H2,1-2H3. The summed E-state index contributed by atoms with van der Waals surface area (Å²) in [5, 5.41) is 8.57. The van der Waals surface area contributed by atoms with Crippen molar-refractivity contribution < 1.29 is 13.9 Å². The van der Waals surface area contributed by atoms with E-state index in [1.165, 1.54) is 0 Å². The average Bonchev–Trinajstić information content (AvgIpc) is 2.03. The van der Waals surface area contributed by atoms with Crippen LogP contribution in [0.25, 0.3) is 0 Å². The predicted molar refractivity (Wildman–Crippen MR) is 47.8 cm³/mol. The van der Waals surface area contributed by atoms with Gasteiger partial charge in [-0.1, -0.05) is 20.3 Å². The van der Waals surface area contributed by atoms with Crippen LogP contribution in [0.15, 0.2) is 0 Å². The Kier molecular flexibility index (Phi) is 2.95. The summed E-state index contributed by atoms with van der Waals surface area (Å²) in [6.07, 6.45) is 2.95. The summed E-state index contributed by atoms with van der Waals surface area (Å²) < 4.78 is 26.3. The molecule has 1 aliphatic carbocycles. The Morgan fingerprint density at radius 3 is 2.54 bits per heavy atom. The molecule has 3 heteroatoms. The molecule has 0 radical (unpaired) electrons. The lowest BCUT2D eigenvalue weighted by molar-refractivity contribution is -0.119. The maximum absolute atomic E-state index is 13.1. The third-order valence-electron chi connectivity index (χ3n) is 3.01. The minimum Gasteiger partial charge on any atom is -0.390 e. The van der Waals surface area contributed by atoms with E-state index in [4.69, 9.17) is 5.11 Å². The normalized spacial score (nSPS) is 28.8. The highest BCUT2D eigenvalue weighted by Crippen LogP contribution is 2.44. The Balaban J connectivity index is 2.61. The molecule has 0 aliphatic heterocycles. The molecule has 0 aromatic rings. The fourth-order valence-electron chi connectivity index (χ4n) is 2.19. The summed E-state index contributed by atoms with van der Waals surface area (Å²) in [6, 6.07) is 0. The topological polar surface area (TPSA) is 20.2 Å². The molecule has 0 heterocycles. The van der Waals surface area contributed by atoms with Crippen molar-refractivity contribution in [2.24, 2.45) is 11.3 Å². The molecule has 1 rings (SSSR count). The molecule has 1 unspecified atom stereocenters. The molecule has 0 spiro atoms. The summed E-state index contributed by atoms with van der Waals surface area (Å²) in [5.41, 5.74) is 0.0154. The number of aliphatic hydroxyl groups excluding tert-OH is 1. The van der Waals surface area contributed by atoms with Crippen LogP contribution in [0.2, 0.25) is 0 Å². The summed E-state index contributed by atoms with van der Waals surface area (Å²) in [6.45, 7) is 3.03. The number of rotatable bonds is 2. The molecule has 1 aliphatic rings. The average molecular weight is 192 g/mol. The van der Waals surface area contributed by atoms with E-state index < -0.39 is 18.4 Å². The van der Waals surface area contributed by atoms with Crippen LogP contribution in [0.5, 0.6) is 0 Å². The maximum Gasteiger partial charge on any atom is 0.273 e. The molecule has 0 saturated heterocycles. The van der Waals surface area contributed by atoms with Crippen LogP contribution < -0.4 is 0 Å². The maximum atomic E-state index is 13.1. The van der Waals surface area contributed by atoms with Gasteiger partial charge < -0.3 is 5.11 Å². The van der Waals surface area contributed by atoms with E-state index in [1.807, 2.05) is 13.8 Å². The quantitative estimate of drug-likeness (QED) is 0.713. The fourth-order valence-corrected chi connectivity index (χ4v) is 2.19. The van der Waals surface area contributed by atoms with Gasteiger partial charge in [-0.25, -0.2) is 8.78 Å². The Hall–Kier alpha value is -0.180. The largest absolute Gasteiger partial charge is 0.390 e. The molecule has 1 N–H and O–H groups in total. The summed E-state index contributed by atoms with van der Waals surface area (Å²) >= 11 is 0. The van der Waals surface area contributed by atoms with Crippen molar-refractivity contribution in [1.82, 2.24) is 0 Å². The van der Waals surface area contributed by atoms with E-state index in [0.29, 0.717) is 12.8 Å². The molecular formula is C10H18F2O. The van der Waals surface area contributed by atoms with Gasteiger partial charge in [0.2, 0.25) is 0 Å². The summed E-state index contributed by atoms with van der Waals surface area (Å²) in [4.78, 5) is 0. The molecule has 1 saturated carbocycles. The SMILES string of the molecule is CC1(C)CCCC(C(F)(F)CO)C1. The minimum atomic E-state index is -2.88. The lowest BCUT2D eigenvalue weighted by atomic mass is 9.70. The van der Waals surface area contributed by atoms with Crippen molar-refractivity contribution in [1.29, 1.82) is 0 Å². The summed E-state index contributed by atoms with van der Waals surface area (Å²) in [7, 11) is 0. The third-order valence-corrected chi connectivity index (χ3v) is 3.01. The van der Waals surface area contributed by atoms with Gasteiger partial charge in [0.1, 0.15) is 6.61 Å². The highest BCUT2D eigenvalue weighted by molar-refractivity contribution is 4.86. The van der Waals surface area contributed by atoms with Gasteiger partial charge in [0.05, 0.1) is 0 Å². The van der Waals surface area contributed by atoms with Gasteiger partial charge in [0, 0.05) is 5.92 Å². The van der Waals surface area contributed by atoms with Crippen molar-refractivity contribution in [3.8, 4) is 0 Å². The first-order chi connectivity index (χ1) is 5.87. The zero-order chi connectivity index (χ0) is 10.1. The second-order valence-electron chi connectivity index (χ2n) is 4.88. The number of hydrogen-bond donors (Lipinski definition) is 1. The van der Waals surface area contributed by atoms with Crippen molar-refractivity contribution in [2.45, 2.75) is 45.5 Å². The van der Waals surface area contributed by atoms with E-state index in [0.717, 1.165) is 12.8 Å². The van der Waals surface area contributed by atoms with E-state index in [9.17, 15) is 8.78 Å². The van der Waals surface area contributed by atoms with Gasteiger partial charge in [-0.15, -0.1) is 0 Å². The van der Waals surface area contributed by atoms with Crippen LogP contribution in [0.4, 0.5) is 8.78 Å². The first-order valence-corrected chi connectivity index (χ1v) is 4.86. The van der Waals surface area contributed by atoms with E-state index in [2.05, 4.69) is 0 Å². The second-order valence-corrected chi connectivity index (χ2v) is 4.88. The molecule has 0 amide bonds. The summed E-state index contributed by atoms with van der Waals surface area (Å²) in [5.74, 6) is -3.50. The van der Waals surface area contributed by atoms with Gasteiger partial charge in [-0.3, -0.25) is 0 Å². The Labute approximate surface area is 78.1 Å². The van der Waals surface area contributed by atoms with Crippen molar-refractivity contribution >= 4 is 0 Å². The highest BCUT2D eigenvalue weighted by Gasteiger charge is 2.43. The van der Waals surface area contributed by atoms with Gasteiger partial charge in [-0.2, -0.15) is 0 Å². The molecule has 1 atom stereocenters. The highest BCUT2D eigenvalue weighted by atomic mass is 19.3. The first-order valence-electron chi connectivity index (χ1n) is 4.86. The molecule has 0 bridgehead atoms. The van der Waals surface area contributed by atoms with Gasteiger partial charge >= 0.3 is 0 Å². The van der Waals surface area contributed by atoms with Crippen LogP contribution in [-0.2, 0) is 0 Å². The molecule has 0 aromatic heterocycles. The van der Waals surface area contributed by atoms with E-state index >= 15 is 0 Å². The van der Waals surface area contributed by atoms with Crippen molar-refractivity contribution in [2.75, 3.05) is 6.61 Å². The zero-order valence-electron chi connectivity index (χ0n) is 8.32. The van der Waals surface area contributed by atoms with Gasteiger partial charge in [0.25, 0.3) is 5.92 Å². The van der Waals surface area contributed by atoms with Crippen molar-refractivity contribution in [3.05, 3.63) is 0 Å². The monoisotopic (exact) mass is 192 g/mol. The number of halogens is 2. The molecule has 0 aromatic carbocycles. The van der Waals surface area contributed by atoms with Crippen LogP contribution in [0.1, 0.15) is 39.5 Å². The Bertz CT molecular complexity index is 178. The Morgan fingerprint density at radius 1 is 1.46 bits per heavy atom. The zero-order valence-corrected chi connectivity index (χ0v) is 8.32. The third kappa shape index (κ3) is 2.63. The molecular weight excluding hydrogens is 174 g/mol. The fraction of sp³-hybridized carbons (Fsp3) is 1.00. The lowest BCUT2D eigenvalue weighted by Gasteiger charge is -2.38. The molecule has 13 heavy (non-hydrogen) atoms. The lowest BCUT2D eigenvalue weighted by Crippen LogP contribution is -2.38. The van der Waals surface area contributed by atoms with Crippen LogP contribution >= 0.6 is 0 Å². The van der Waals surface area contributed by atoms with Gasteiger partial charge in [-0.05, 0) is 24.7 Å². The van der Waals surface area contributed by atoms with Crippen LogP contribution in [-0.4, -0.2) is 17.6 Å². The predicted octanol–water partition coefficient (Wildman–Crippen LogP) is 2.83. The number of alkyl halides is 2.